The Labute approximate surface area is 70.6 Å². The molecule has 0 aromatic heterocycles. The molecule has 1 rings (SSSR count). The summed E-state index contributed by atoms with van der Waals surface area (Å²) in [7, 11) is 0. The van der Waals surface area contributed by atoms with Gasteiger partial charge in [0, 0.05) is 9.92 Å². The van der Waals surface area contributed by atoms with Gasteiger partial charge in [0.15, 0.2) is 0 Å². The highest BCUT2D eigenvalue weighted by molar-refractivity contribution is 7.98. The van der Waals surface area contributed by atoms with E-state index in [0.29, 0.717) is 0 Å². The van der Waals surface area contributed by atoms with E-state index in [2.05, 4.69) is 13.2 Å². The SMILES string of the molecule is CSc1ccc(Cl)cc1C. The van der Waals surface area contributed by atoms with Crippen LogP contribution in [0, 0.1) is 6.92 Å². The maximum atomic E-state index is 5.76. The Morgan fingerprint density at radius 3 is 2.60 bits per heavy atom. The van der Waals surface area contributed by atoms with Gasteiger partial charge in [0.05, 0.1) is 0 Å². The van der Waals surface area contributed by atoms with E-state index >= 15 is 0 Å². The van der Waals surface area contributed by atoms with Gasteiger partial charge in [0.1, 0.15) is 0 Å². The molecule has 0 atom stereocenters. The zero-order valence-corrected chi connectivity index (χ0v) is 7.59. The topological polar surface area (TPSA) is 0 Å². The number of hydrogen-bond acceptors (Lipinski definition) is 1. The zero-order chi connectivity index (χ0) is 7.56. The normalized spacial score (nSPS) is 9.90. The van der Waals surface area contributed by atoms with E-state index in [1.165, 1.54) is 10.5 Å². The van der Waals surface area contributed by atoms with Crippen LogP contribution in [0.3, 0.4) is 0 Å². The molecule has 0 amide bonds. The van der Waals surface area contributed by atoms with Gasteiger partial charge in [-0.1, -0.05) is 11.6 Å². The molecule has 0 heterocycles. The molecule has 0 N–H and O–H groups in total. The molecule has 0 saturated carbocycles. The molecule has 2 heteroatoms. The summed E-state index contributed by atoms with van der Waals surface area (Å²) >= 11 is 7.51. The van der Waals surface area contributed by atoms with Gasteiger partial charge in [-0.2, -0.15) is 0 Å². The van der Waals surface area contributed by atoms with Crippen LogP contribution in [0.15, 0.2) is 23.1 Å². The number of thioether (sulfide) groups is 1. The fourth-order valence-corrected chi connectivity index (χ4v) is 1.65. The molecular formula is C8H9ClS. The molecular weight excluding hydrogens is 164 g/mol. The number of hydrogen-bond donors (Lipinski definition) is 0. The predicted octanol–water partition coefficient (Wildman–Crippen LogP) is 3.37. The second-order valence-corrected chi connectivity index (χ2v) is 3.40. The van der Waals surface area contributed by atoms with Crippen LogP contribution in [-0.2, 0) is 0 Å². The summed E-state index contributed by atoms with van der Waals surface area (Å²) in [5, 5.41) is 0.815. The first-order chi connectivity index (χ1) is 4.74. The van der Waals surface area contributed by atoms with Gasteiger partial charge in [0.25, 0.3) is 0 Å². The van der Waals surface area contributed by atoms with Crippen LogP contribution in [0.5, 0.6) is 0 Å². The molecule has 0 aliphatic rings. The second-order valence-electron chi connectivity index (χ2n) is 2.11. The lowest BCUT2D eigenvalue weighted by Gasteiger charge is -2.00. The largest absolute Gasteiger partial charge is 0.129 e. The van der Waals surface area contributed by atoms with Crippen LogP contribution in [-0.4, -0.2) is 6.26 Å². The molecule has 0 radical (unpaired) electrons. The molecule has 0 unspecified atom stereocenters. The van der Waals surface area contributed by atoms with Crippen molar-refractivity contribution in [1.29, 1.82) is 0 Å². The van der Waals surface area contributed by atoms with Crippen LogP contribution in [0.1, 0.15) is 5.56 Å². The third kappa shape index (κ3) is 1.68. The maximum Gasteiger partial charge on any atom is 0.0409 e. The molecule has 0 aliphatic heterocycles. The summed E-state index contributed by atoms with van der Waals surface area (Å²) in [6.45, 7) is 2.07. The Kier molecular flexibility index (Phi) is 2.64. The Bertz CT molecular complexity index is 233. The first-order valence-electron chi connectivity index (χ1n) is 3.04. The number of rotatable bonds is 1. The van der Waals surface area contributed by atoms with E-state index in [9.17, 15) is 0 Å². The standard InChI is InChI=1S/C8H9ClS/c1-6-5-7(9)3-4-8(6)10-2/h3-5H,1-2H3. The lowest BCUT2D eigenvalue weighted by molar-refractivity contribution is 1.31. The summed E-state index contributed by atoms with van der Waals surface area (Å²) in [5.41, 5.74) is 1.25. The van der Waals surface area contributed by atoms with Gasteiger partial charge >= 0.3 is 0 Å². The number of aryl methyl sites for hydroxylation is 1. The lowest BCUT2D eigenvalue weighted by Crippen LogP contribution is -1.76. The summed E-state index contributed by atoms with van der Waals surface area (Å²) in [6, 6.07) is 5.94. The van der Waals surface area contributed by atoms with E-state index < -0.39 is 0 Å². The van der Waals surface area contributed by atoms with Crippen molar-refractivity contribution in [3.05, 3.63) is 28.8 Å². The lowest BCUT2D eigenvalue weighted by atomic mass is 10.2. The molecule has 0 aliphatic carbocycles. The third-order valence-corrected chi connectivity index (χ3v) is 2.49. The first-order valence-corrected chi connectivity index (χ1v) is 4.64. The van der Waals surface area contributed by atoms with Crippen molar-refractivity contribution >= 4 is 23.4 Å². The average Bonchev–Trinajstić information content (AvgIpc) is 1.88. The minimum absolute atomic E-state index is 0.815. The maximum absolute atomic E-state index is 5.76. The average molecular weight is 173 g/mol. The quantitative estimate of drug-likeness (QED) is 0.586. The van der Waals surface area contributed by atoms with Crippen molar-refractivity contribution in [2.45, 2.75) is 11.8 Å². The Morgan fingerprint density at radius 2 is 2.10 bits per heavy atom. The highest BCUT2D eigenvalue weighted by atomic mass is 35.5. The van der Waals surface area contributed by atoms with E-state index in [4.69, 9.17) is 11.6 Å². The molecule has 0 bridgehead atoms. The fourth-order valence-electron chi connectivity index (χ4n) is 0.842. The van der Waals surface area contributed by atoms with Crippen LogP contribution in [0.2, 0.25) is 5.02 Å². The van der Waals surface area contributed by atoms with Crippen LogP contribution >= 0.6 is 23.4 Å². The van der Waals surface area contributed by atoms with Crippen molar-refractivity contribution in [3.63, 3.8) is 0 Å². The van der Waals surface area contributed by atoms with Crippen molar-refractivity contribution in [3.8, 4) is 0 Å². The smallest absolute Gasteiger partial charge is 0.0409 e. The molecule has 0 saturated heterocycles. The summed E-state index contributed by atoms with van der Waals surface area (Å²) in [5.74, 6) is 0. The van der Waals surface area contributed by atoms with Gasteiger partial charge in [-0.25, -0.2) is 0 Å². The van der Waals surface area contributed by atoms with Crippen molar-refractivity contribution in [2.75, 3.05) is 6.26 Å². The summed E-state index contributed by atoms with van der Waals surface area (Å²) in [4.78, 5) is 1.30. The second kappa shape index (κ2) is 3.31. The molecule has 0 spiro atoms. The minimum Gasteiger partial charge on any atom is -0.129 e. The van der Waals surface area contributed by atoms with E-state index in [0.717, 1.165) is 5.02 Å². The van der Waals surface area contributed by atoms with Gasteiger partial charge < -0.3 is 0 Å². The number of halogens is 1. The Hall–Kier alpha value is -0.140. The predicted molar refractivity (Wildman–Crippen MR) is 48.0 cm³/mol. The van der Waals surface area contributed by atoms with E-state index in [1.54, 1.807) is 11.8 Å². The van der Waals surface area contributed by atoms with Crippen molar-refractivity contribution < 1.29 is 0 Å². The molecule has 1 aromatic rings. The first kappa shape index (κ1) is 7.96. The molecule has 1 aromatic carbocycles. The van der Waals surface area contributed by atoms with Crippen molar-refractivity contribution in [2.24, 2.45) is 0 Å². The summed E-state index contributed by atoms with van der Waals surface area (Å²) in [6.07, 6.45) is 2.07. The van der Waals surface area contributed by atoms with Crippen molar-refractivity contribution in [1.82, 2.24) is 0 Å². The monoisotopic (exact) mass is 172 g/mol. The highest BCUT2D eigenvalue weighted by Gasteiger charge is 1.95. The van der Waals surface area contributed by atoms with E-state index in [-0.39, 0.29) is 0 Å². The van der Waals surface area contributed by atoms with Crippen LogP contribution in [0.4, 0.5) is 0 Å². The van der Waals surface area contributed by atoms with Crippen LogP contribution in [0.25, 0.3) is 0 Å². The Morgan fingerprint density at radius 1 is 1.40 bits per heavy atom. The van der Waals surface area contributed by atoms with E-state index in [1.807, 2.05) is 18.2 Å². The minimum atomic E-state index is 0.815. The van der Waals surface area contributed by atoms with Gasteiger partial charge in [0.2, 0.25) is 0 Å². The number of benzene rings is 1. The highest BCUT2D eigenvalue weighted by Crippen LogP contribution is 2.22. The molecule has 10 heavy (non-hydrogen) atoms. The fraction of sp³-hybridized carbons (Fsp3) is 0.250. The molecule has 0 nitrogen and oxygen atoms in total. The van der Waals surface area contributed by atoms with Crippen LogP contribution < -0.4 is 0 Å². The molecule has 54 valence electrons. The van der Waals surface area contributed by atoms with Gasteiger partial charge in [-0.3, -0.25) is 0 Å². The Balaban J connectivity index is 3.07. The van der Waals surface area contributed by atoms with Gasteiger partial charge in [-0.15, -0.1) is 11.8 Å². The molecule has 0 fully saturated rings. The van der Waals surface area contributed by atoms with Gasteiger partial charge in [-0.05, 0) is 36.9 Å². The zero-order valence-electron chi connectivity index (χ0n) is 6.02. The third-order valence-electron chi connectivity index (χ3n) is 1.36. The summed E-state index contributed by atoms with van der Waals surface area (Å²) < 4.78 is 0.